The van der Waals surface area contributed by atoms with Gasteiger partial charge in [0.25, 0.3) is 5.91 Å². The first-order valence-electron chi connectivity index (χ1n) is 7.95. The van der Waals surface area contributed by atoms with Gasteiger partial charge in [0, 0.05) is 51.9 Å². The van der Waals surface area contributed by atoms with E-state index in [1.807, 2.05) is 6.07 Å². The number of hydrogen-bond donors (Lipinski definition) is 0. The van der Waals surface area contributed by atoms with Crippen molar-refractivity contribution < 1.29 is 9.59 Å². The van der Waals surface area contributed by atoms with Gasteiger partial charge < -0.3 is 14.7 Å². The third-order valence-corrected chi connectivity index (χ3v) is 4.51. The van der Waals surface area contributed by atoms with Gasteiger partial charge in [-0.1, -0.05) is 0 Å². The van der Waals surface area contributed by atoms with E-state index in [1.165, 1.54) is 13.3 Å². The summed E-state index contributed by atoms with van der Waals surface area (Å²) >= 11 is 0. The van der Waals surface area contributed by atoms with Crippen molar-refractivity contribution in [3.8, 4) is 6.07 Å². The van der Waals surface area contributed by atoms with E-state index < -0.39 is 0 Å². The van der Waals surface area contributed by atoms with Gasteiger partial charge in [0.15, 0.2) is 0 Å². The van der Waals surface area contributed by atoms with Gasteiger partial charge in [0.2, 0.25) is 5.91 Å². The Kier molecular flexibility index (Phi) is 5.42. The van der Waals surface area contributed by atoms with Gasteiger partial charge in [-0.25, -0.2) is 0 Å². The lowest BCUT2D eigenvalue weighted by atomic mass is 10.0. The van der Waals surface area contributed by atoms with Crippen LogP contribution >= 0.6 is 0 Å². The Bertz CT molecular complexity index is 501. The minimum Gasteiger partial charge on any atom is -0.373 e. The number of rotatable bonds is 2. The zero-order valence-corrected chi connectivity index (χ0v) is 13.4. The van der Waals surface area contributed by atoms with Crippen molar-refractivity contribution in [3.05, 3.63) is 11.8 Å². The van der Waals surface area contributed by atoms with E-state index in [0.29, 0.717) is 32.2 Å². The first-order chi connectivity index (χ1) is 10.5. The number of amides is 2. The van der Waals surface area contributed by atoms with Crippen LogP contribution in [0.4, 0.5) is 0 Å². The van der Waals surface area contributed by atoms with Crippen molar-refractivity contribution in [1.29, 1.82) is 5.26 Å². The van der Waals surface area contributed by atoms with Crippen LogP contribution in [0.3, 0.4) is 0 Å². The Labute approximate surface area is 132 Å². The molecule has 2 saturated heterocycles. The van der Waals surface area contributed by atoms with Gasteiger partial charge >= 0.3 is 0 Å². The zero-order valence-electron chi connectivity index (χ0n) is 13.4. The van der Waals surface area contributed by atoms with Crippen molar-refractivity contribution in [3.63, 3.8) is 0 Å². The summed E-state index contributed by atoms with van der Waals surface area (Å²) in [4.78, 5) is 29.3. The highest BCUT2D eigenvalue weighted by Gasteiger charge is 2.26. The molecule has 0 aromatic carbocycles. The minimum atomic E-state index is -0.219. The van der Waals surface area contributed by atoms with Crippen LogP contribution in [0.15, 0.2) is 11.8 Å². The van der Waals surface area contributed by atoms with E-state index >= 15 is 0 Å². The fourth-order valence-corrected chi connectivity index (χ4v) is 3.00. The predicted octanol–water partition coefficient (Wildman–Crippen LogP) is 0.959. The van der Waals surface area contributed by atoms with E-state index in [4.69, 9.17) is 0 Å². The second-order valence-corrected chi connectivity index (χ2v) is 6.04. The SMILES string of the molecule is CC(=O)N1CCN(C(=O)/C(C#N)=C\N2CCCCC2C)CC1. The summed E-state index contributed by atoms with van der Waals surface area (Å²) < 4.78 is 0. The second kappa shape index (κ2) is 7.30. The van der Waals surface area contributed by atoms with Crippen LogP contribution < -0.4 is 0 Å². The van der Waals surface area contributed by atoms with Crippen molar-refractivity contribution in [2.45, 2.75) is 39.2 Å². The lowest BCUT2D eigenvalue weighted by molar-refractivity contribution is -0.136. The molecule has 2 aliphatic heterocycles. The number of piperidine rings is 1. The van der Waals surface area contributed by atoms with E-state index in [2.05, 4.69) is 11.8 Å². The Hall–Kier alpha value is -2.03. The molecule has 2 heterocycles. The molecular weight excluding hydrogens is 280 g/mol. The number of carbonyl (C=O) groups excluding carboxylic acids is 2. The highest BCUT2D eigenvalue weighted by Crippen LogP contribution is 2.18. The molecule has 6 nitrogen and oxygen atoms in total. The smallest absolute Gasteiger partial charge is 0.266 e. The van der Waals surface area contributed by atoms with Gasteiger partial charge in [-0.2, -0.15) is 5.26 Å². The van der Waals surface area contributed by atoms with Crippen molar-refractivity contribution in [1.82, 2.24) is 14.7 Å². The molecule has 1 atom stereocenters. The van der Waals surface area contributed by atoms with Crippen LogP contribution in [0.5, 0.6) is 0 Å². The first kappa shape index (κ1) is 16.3. The molecule has 0 N–H and O–H groups in total. The van der Waals surface area contributed by atoms with E-state index in [9.17, 15) is 14.9 Å². The summed E-state index contributed by atoms with van der Waals surface area (Å²) in [5, 5.41) is 9.33. The number of piperazine rings is 1. The molecule has 2 rings (SSSR count). The summed E-state index contributed by atoms with van der Waals surface area (Å²) in [6.45, 7) is 6.63. The monoisotopic (exact) mass is 304 g/mol. The number of nitriles is 1. The maximum Gasteiger partial charge on any atom is 0.266 e. The zero-order chi connectivity index (χ0) is 16.1. The first-order valence-corrected chi connectivity index (χ1v) is 7.95. The van der Waals surface area contributed by atoms with E-state index in [-0.39, 0.29) is 17.4 Å². The van der Waals surface area contributed by atoms with Crippen LogP contribution in [0, 0.1) is 11.3 Å². The van der Waals surface area contributed by atoms with Gasteiger partial charge in [-0.3, -0.25) is 9.59 Å². The van der Waals surface area contributed by atoms with Crippen molar-refractivity contribution >= 4 is 11.8 Å². The van der Waals surface area contributed by atoms with Crippen LogP contribution in [0.2, 0.25) is 0 Å². The molecule has 0 bridgehead atoms. The molecule has 2 amide bonds. The number of hydrogen-bond acceptors (Lipinski definition) is 4. The summed E-state index contributed by atoms with van der Waals surface area (Å²) in [6, 6.07) is 2.42. The molecule has 2 aliphatic rings. The molecule has 0 radical (unpaired) electrons. The second-order valence-electron chi connectivity index (χ2n) is 6.04. The van der Waals surface area contributed by atoms with Crippen LogP contribution in [0.1, 0.15) is 33.1 Å². The average Bonchev–Trinajstić information content (AvgIpc) is 2.53. The normalized spacial score (nSPS) is 23.2. The minimum absolute atomic E-state index is 0.0327. The quantitative estimate of drug-likeness (QED) is 0.563. The van der Waals surface area contributed by atoms with Crippen molar-refractivity contribution in [2.24, 2.45) is 0 Å². The molecule has 0 aromatic heterocycles. The molecule has 0 saturated carbocycles. The fraction of sp³-hybridized carbons (Fsp3) is 0.688. The number of nitrogens with zero attached hydrogens (tertiary/aromatic N) is 4. The van der Waals surface area contributed by atoms with Crippen LogP contribution in [0.25, 0.3) is 0 Å². The molecule has 0 aliphatic carbocycles. The molecule has 22 heavy (non-hydrogen) atoms. The van der Waals surface area contributed by atoms with Gasteiger partial charge in [0.05, 0.1) is 0 Å². The van der Waals surface area contributed by atoms with Crippen molar-refractivity contribution in [2.75, 3.05) is 32.7 Å². The summed E-state index contributed by atoms with van der Waals surface area (Å²) in [5.74, 6) is -0.186. The maximum absolute atomic E-state index is 12.5. The third-order valence-electron chi connectivity index (χ3n) is 4.51. The summed E-state index contributed by atoms with van der Waals surface area (Å²) in [6.07, 6.45) is 5.13. The van der Waals surface area contributed by atoms with Gasteiger partial charge in [0.1, 0.15) is 11.6 Å². The topological polar surface area (TPSA) is 67.6 Å². The third kappa shape index (κ3) is 3.79. The molecule has 2 fully saturated rings. The largest absolute Gasteiger partial charge is 0.373 e. The lowest BCUT2D eigenvalue weighted by Gasteiger charge is -2.35. The molecule has 0 spiro atoms. The van der Waals surface area contributed by atoms with E-state index in [1.54, 1.807) is 16.0 Å². The molecule has 6 heteroatoms. The molecule has 120 valence electrons. The Morgan fingerprint density at radius 2 is 1.73 bits per heavy atom. The highest BCUT2D eigenvalue weighted by atomic mass is 16.2. The highest BCUT2D eigenvalue weighted by molar-refractivity contribution is 5.97. The van der Waals surface area contributed by atoms with Crippen LogP contribution in [-0.2, 0) is 9.59 Å². The Morgan fingerprint density at radius 3 is 2.27 bits per heavy atom. The molecular formula is C16H24N4O2. The van der Waals surface area contributed by atoms with E-state index in [0.717, 1.165) is 19.4 Å². The van der Waals surface area contributed by atoms with Crippen LogP contribution in [-0.4, -0.2) is 65.3 Å². The molecule has 0 aromatic rings. The van der Waals surface area contributed by atoms with Gasteiger partial charge in [-0.05, 0) is 26.2 Å². The summed E-state index contributed by atoms with van der Waals surface area (Å²) in [7, 11) is 0. The fourth-order valence-electron chi connectivity index (χ4n) is 3.00. The van der Waals surface area contributed by atoms with Gasteiger partial charge in [-0.15, -0.1) is 0 Å². The maximum atomic E-state index is 12.5. The average molecular weight is 304 g/mol. The Balaban J connectivity index is 2.00. The lowest BCUT2D eigenvalue weighted by Crippen LogP contribution is -2.50. The standard InChI is InChI=1S/C16H24N4O2/c1-13-5-3-4-6-20(13)12-15(11-17)16(22)19-9-7-18(8-10-19)14(2)21/h12-13H,3-10H2,1-2H3/b15-12-. The summed E-state index contributed by atoms with van der Waals surface area (Å²) in [5.41, 5.74) is 0.199. The Morgan fingerprint density at radius 1 is 1.09 bits per heavy atom. The number of likely N-dealkylation sites (tertiary alicyclic amines) is 1. The molecule has 1 unspecified atom stereocenters. The predicted molar refractivity (Wildman–Crippen MR) is 82.5 cm³/mol. The number of carbonyl (C=O) groups is 2.